The summed E-state index contributed by atoms with van der Waals surface area (Å²) in [5, 5.41) is 3.41. The molecular weight excluding hydrogens is 194 g/mol. The predicted molar refractivity (Wildman–Crippen MR) is 59.5 cm³/mol. The molecule has 0 spiro atoms. The Bertz CT molecular complexity index is 302. The summed E-state index contributed by atoms with van der Waals surface area (Å²) in [6, 6.07) is 0.387. The molecule has 2 heterocycles. The Hall–Kier alpha value is -0.450. The van der Waals surface area contributed by atoms with E-state index in [9.17, 15) is 0 Å². The molecule has 3 nitrogen and oxygen atoms in total. The van der Waals surface area contributed by atoms with Gasteiger partial charge in [-0.2, -0.15) is 0 Å². The van der Waals surface area contributed by atoms with E-state index >= 15 is 0 Å². The second-order valence-electron chi connectivity index (χ2n) is 4.29. The molecule has 0 radical (unpaired) electrons. The van der Waals surface area contributed by atoms with Crippen LogP contribution in [0.4, 0.5) is 0 Å². The van der Waals surface area contributed by atoms with Crippen LogP contribution >= 0.6 is 11.3 Å². The first-order valence-electron chi connectivity index (χ1n) is 5.07. The third-order valence-corrected chi connectivity index (χ3v) is 3.63. The van der Waals surface area contributed by atoms with Crippen molar-refractivity contribution in [2.45, 2.75) is 32.4 Å². The molecule has 78 valence electrons. The Balaban J connectivity index is 1.90. The minimum Gasteiger partial charge on any atom is -0.325 e. The first-order chi connectivity index (χ1) is 6.65. The monoisotopic (exact) mass is 211 g/mol. The average molecular weight is 211 g/mol. The molecule has 1 aromatic rings. The highest BCUT2D eigenvalue weighted by molar-refractivity contribution is 7.09. The van der Waals surface area contributed by atoms with Crippen LogP contribution in [0.5, 0.6) is 0 Å². The van der Waals surface area contributed by atoms with Gasteiger partial charge in [-0.05, 0) is 0 Å². The van der Waals surface area contributed by atoms with Crippen molar-refractivity contribution in [3.05, 3.63) is 16.1 Å². The second kappa shape index (κ2) is 3.96. The van der Waals surface area contributed by atoms with Crippen LogP contribution in [0.15, 0.2) is 5.38 Å². The third kappa shape index (κ3) is 2.13. The Kier molecular flexibility index (Phi) is 2.85. The largest absolute Gasteiger partial charge is 0.325 e. The molecular formula is C10H17N3S. The molecule has 1 fully saturated rings. The SMILES string of the molecule is CC(C)c1nc(CN2CC(N)C2)cs1. The molecule has 0 atom stereocenters. The molecule has 1 aromatic heterocycles. The van der Waals surface area contributed by atoms with Crippen LogP contribution in [0.1, 0.15) is 30.5 Å². The van der Waals surface area contributed by atoms with Crippen molar-refractivity contribution in [1.82, 2.24) is 9.88 Å². The minimum atomic E-state index is 0.387. The third-order valence-electron chi connectivity index (χ3n) is 2.43. The molecule has 4 heteroatoms. The van der Waals surface area contributed by atoms with Crippen molar-refractivity contribution >= 4 is 11.3 Å². The van der Waals surface area contributed by atoms with Crippen molar-refractivity contribution in [3.63, 3.8) is 0 Å². The zero-order valence-corrected chi connectivity index (χ0v) is 9.55. The first-order valence-corrected chi connectivity index (χ1v) is 5.95. The van der Waals surface area contributed by atoms with Crippen molar-refractivity contribution in [2.75, 3.05) is 13.1 Å². The highest BCUT2D eigenvalue weighted by Gasteiger charge is 2.23. The second-order valence-corrected chi connectivity index (χ2v) is 5.18. The van der Waals surface area contributed by atoms with Crippen molar-refractivity contribution in [3.8, 4) is 0 Å². The number of likely N-dealkylation sites (tertiary alicyclic amines) is 1. The van der Waals surface area contributed by atoms with Gasteiger partial charge in [0, 0.05) is 37.0 Å². The molecule has 0 unspecified atom stereocenters. The fraction of sp³-hybridized carbons (Fsp3) is 0.700. The smallest absolute Gasteiger partial charge is 0.0954 e. The van der Waals surface area contributed by atoms with Crippen molar-refractivity contribution in [1.29, 1.82) is 0 Å². The van der Waals surface area contributed by atoms with Crippen LogP contribution in [0.2, 0.25) is 0 Å². The van der Waals surface area contributed by atoms with E-state index in [4.69, 9.17) is 5.73 Å². The molecule has 0 saturated carbocycles. The fourth-order valence-corrected chi connectivity index (χ4v) is 2.45. The van der Waals surface area contributed by atoms with Gasteiger partial charge in [0.25, 0.3) is 0 Å². The van der Waals surface area contributed by atoms with Crippen molar-refractivity contribution < 1.29 is 0 Å². The number of rotatable bonds is 3. The van der Waals surface area contributed by atoms with E-state index < -0.39 is 0 Å². The fourth-order valence-electron chi connectivity index (χ4n) is 1.63. The number of aromatic nitrogens is 1. The zero-order valence-electron chi connectivity index (χ0n) is 8.73. The molecule has 1 aliphatic rings. The lowest BCUT2D eigenvalue weighted by Gasteiger charge is -2.36. The van der Waals surface area contributed by atoms with E-state index in [1.54, 1.807) is 11.3 Å². The van der Waals surface area contributed by atoms with E-state index in [0.717, 1.165) is 19.6 Å². The predicted octanol–water partition coefficient (Wildman–Crippen LogP) is 1.41. The summed E-state index contributed by atoms with van der Waals surface area (Å²) in [6.45, 7) is 7.38. The quantitative estimate of drug-likeness (QED) is 0.822. The highest BCUT2D eigenvalue weighted by atomic mass is 32.1. The summed E-state index contributed by atoms with van der Waals surface area (Å²) < 4.78 is 0. The van der Waals surface area contributed by atoms with Gasteiger partial charge in [-0.15, -0.1) is 11.3 Å². The van der Waals surface area contributed by atoms with Gasteiger partial charge in [-0.1, -0.05) is 13.8 Å². The maximum Gasteiger partial charge on any atom is 0.0954 e. The van der Waals surface area contributed by atoms with Gasteiger partial charge in [0.2, 0.25) is 0 Å². The minimum absolute atomic E-state index is 0.387. The zero-order chi connectivity index (χ0) is 10.1. The number of hydrogen-bond donors (Lipinski definition) is 1. The van der Waals surface area contributed by atoms with Gasteiger partial charge in [-0.25, -0.2) is 4.98 Å². The van der Waals surface area contributed by atoms with Crippen LogP contribution in [0.3, 0.4) is 0 Å². The summed E-state index contributed by atoms with van der Waals surface area (Å²) in [6.07, 6.45) is 0. The summed E-state index contributed by atoms with van der Waals surface area (Å²) in [5.41, 5.74) is 6.92. The molecule has 0 amide bonds. The van der Waals surface area contributed by atoms with Gasteiger partial charge in [0.05, 0.1) is 10.7 Å². The topological polar surface area (TPSA) is 42.2 Å². The Morgan fingerprint density at radius 1 is 1.64 bits per heavy atom. The lowest BCUT2D eigenvalue weighted by atomic mass is 10.1. The number of nitrogens with zero attached hydrogens (tertiary/aromatic N) is 2. The normalized spacial score (nSPS) is 18.9. The van der Waals surface area contributed by atoms with E-state index in [2.05, 4.69) is 29.1 Å². The van der Waals surface area contributed by atoms with Gasteiger partial charge in [0.1, 0.15) is 0 Å². The van der Waals surface area contributed by atoms with Crippen LogP contribution < -0.4 is 5.73 Å². The van der Waals surface area contributed by atoms with Gasteiger partial charge in [0.15, 0.2) is 0 Å². The van der Waals surface area contributed by atoms with Crippen LogP contribution in [-0.4, -0.2) is 29.0 Å². The summed E-state index contributed by atoms with van der Waals surface area (Å²) in [4.78, 5) is 6.93. The lowest BCUT2D eigenvalue weighted by Crippen LogP contribution is -2.54. The van der Waals surface area contributed by atoms with E-state index in [1.807, 2.05) is 0 Å². The van der Waals surface area contributed by atoms with Gasteiger partial charge >= 0.3 is 0 Å². The molecule has 1 saturated heterocycles. The molecule has 14 heavy (non-hydrogen) atoms. The number of hydrogen-bond acceptors (Lipinski definition) is 4. The summed E-state index contributed by atoms with van der Waals surface area (Å²) >= 11 is 1.77. The summed E-state index contributed by atoms with van der Waals surface area (Å²) in [7, 11) is 0. The standard InChI is InChI=1S/C10H17N3S/c1-7(2)10-12-9(6-14-10)5-13-3-8(11)4-13/h6-8H,3-5,11H2,1-2H3. The molecule has 0 aromatic carbocycles. The Labute approximate surface area is 88.9 Å². The molecule has 1 aliphatic heterocycles. The van der Waals surface area contributed by atoms with E-state index in [-0.39, 0.29) is 0 Å². The average Bonchev–Trinajstić information content (AvgIpc) is 2.50. The van der Waals surface area contributed by atoms with Gasteiger partial charge in [-0.3, -0.25) is 4.90 Å². The highest BCUT2D eigenvalue weighted by Crippen LogP contribution is 2.20. The van der Waals surface area contributed by atoms with E-state index in [0.29, 0.717) is 12.0 Å². The number of nitrogens with two attached hydrogens (primary N) is 1. The van der Waals surface area contributed by atoms with Crippen molar-refractivity contribution in [2.24, 2.45) is 5.73 Å². The van der Waals surface area contributed by atoms with E-state index in [1.165, 1.54) is 10.7 Å². The lowest BCUT2D eigenvalue weighted by molar-refractivity contribution is 0.141. The maximum atomic E-state index is 5.72. The van der Waals surface area contributed by atoms with Crippen LogP contribution in [0, 0.1) is 0 Å². The number of thiazole rings is 1. The first kappa shape index (κ1) is 10.1. The Morgan fingerprint density at radius 3 is 2.86 bits per heavy atom. The molecule has 0 bridgehead atoms. The molecule has 0 aliphatic carbocycles. The van der Waals surface area contributed by atoms with Crippen LogP contribution in [0.25, 0.3) is 0 Å². The summed E-state index contributed by atoms with van der Waals surface area (Å²) in [5.74, 6) is 0.549. The maximum absolute atomic E-state index is 5.72. The Morgan fingerprint density at radius 2 is 2.36 bits per heavy atom. The van der Waals surface area contributed by atoms with Crippen LogP contribution in [-0.2, 0) is 6.54 Å². The van der Waals surface area contributed by atoms with Gasteiger partial charge < -0.3 is 5.73 Å². The molecule has 2 N–H and O–H groups in total. The molecule has 2 rings (SSSR count).